The molecule has 2 aromatic carbocycles. The second kappa shape index (κ2) is 7.78. The molecule has 1 aromatic heterocycles. The highest BCUT2D eigenvalue weighted by Gasteiger charge is 2.31. The largest absolute Gasteiger partial charge is 0.416 e. The highest BCUT2D eigenvalue weighted by molar-refractivity contribution is 6.02. The standard InChI is InChI=1S/C19H15F4N5O2/c20-12-6-3-10(19(21,22)23)7-14(12)28-18(30)27-11-4-1-9(2-5-11)15-13(24)8-26-16(15)17(25)29/h1-8,26H,24H2,(H2,25,29)(H2,27,28,30). The van der Waals surface area contributed by atoms with Gasteiger partial charge in [0.1, 0.15) is 11.5 Å². The zero-order chi connectivity index (χ0) is 22.1. The lowest BCUT2D eigenvalue weighted by molar-refractivity contribution is -0.137. The summed E-state index contributed by atoms with van der Waals surface area (Å²) in [4.78, 5) is 26.2. The number of amides is 3. The number of aromatic nitrogens is 1. The fourth-order valence-corrected chi connectivity index (χ4v) is 2.75. The fraction of sp³-hybridized carbons (Fsp3) is 0.0526. The minimum Gasteiger partial charge on any atom is -0.397 e. The van der Waals surface area contributed by atoms with Gasteiger partial charge < -0.3 is 27.1 Å². The average molecular weight is 421 g/mol. The molecular weight excluding hydrogens is 406 g/mol. The number of primary amides is 1. The molecule has 156 valence electrons. The predicted molar refractivity (Wildman–Crippen MR) is 103 cm³/mol. The Morgan fingerprint density at radius 2 is 1.67 bits per heavy atom. The highest BCUT2D eigenvalue weighted by atomic mass is 19.4. The van der Waals surface area contributed by atoms with Crippen molar-refractivity contribution in [2.75, 3.05) is 16.4 Å². The van der Waals surface area contributed by atoms with Crippen LogP contribution in [0.3, 0.4) is 0 Å². The molecule has 11 heteroatoms. The number of carbonyl (C=O) groups excluding carboxylic acids is 2. The number of urea groups is 1. The van der Waals surface area contributed by atoms with Crippen LogP contribution in [0.2, 0.25) is 0 Å². The molecule has 0 atom stereocenters. The van der Waals surface area contributed by atoms with Gasteiger partial charge in [0, 0.05) is 17.4 Å². The molecule has 0 unspecified atom stereocenters. The molecule has 0 bridgehead atoms. The van der Waals surface area contributed by atoms with E-state index in [1.165, 1.54) is 18.3 Å². The molecule has 3 rings (SSSR count). The Kier molecular flexibility index (Phi) is 5.37. The van der Waals surface area contributed by atoms with Gasteiger partial charge in [-0.05, 0) is 35.9 Å². The topological polar surface area (TPSA) is 126 Å². The summed E-state index contributed by atoms with van der Waals surface area (Å²) in [6, 6.07) is 6.77. The van der Waals surface area contributed by atoms with Crippen LogP contribution in [0.15, 0.2) is 48.7 Å². The molecular formula is C19H15F4N5O2. The zero-order valence-electron chi connectivity index (χ0n) is 15.1. The van der Waals surface area contributed by atoms with E-state index < -0.39 is 35.2 Å². The molecule has 0 fully saturated rings. The van der Waals surface area contributed by atoms with Crippen LogP contribution < -0.4 is 22.1 Å². The molecule has 0 aliphatic carbocycles. The Morgan fingerprint density at radius 1 is 1.00 bits per heavy atom. The van der Waals surface area contributed by atoms with Crippen LogP contribution in [0.25, 0.3) is 11.1 Å². The summed E-state index contributed by atoms with van der Waals surface area (Å²) in [7, 11) is 0. The van der Waals surface area contributed by atoms with Crippen molar-refractivity contribution in [3.05, 3.63) is 65.7 Å². The van der Waals surface area contributed by atoms with Crippen molar-refractivity contribution >= 4 is 29.0 Å². The molecule has 7 nitrogen and oxygen atoms in total. The summed E-state index contributed by atoms with van der Waals surface area (Å²) in [6.45, 7) is 0. The van der Waals surface area contributed by atoms with E-state index in [0.717, 1.165) is 0 Å². The third kappa shape index (κ3) is 4.35. The number of halogens is 4. The van der Waals surface area contributed by atoms with Crippen molar-refractivity contribution in [2.45, 2.75) is 6.18 Å². The predicted octanol–water partition coefficient (Wildman–Crippen LogP) is 4.16. The Balaban J connectivity index is 1.75. The molecule has 0 aliphatic heterocycles. The molecule has 0 radical (unpaired) electrons. The summed E-state index contributed by atoms with van der Waals surface area (Å²) in [5.74, 6) is -1.72. The summed E-state index contributed by atoms with van der Waals surface area (Å²) >= 11 is 0. The number of rotatable bonds is 4. The van der Waals surface area contributed by atoms with Crippen molar-refractivity contribution in [1.29, 1.82) is 0 Å². The number of nitrogens with one attached hydrogen (secondary N) is 3. The second-order valence-electron chi connectivity index (χ2n) is 6.21. The lowest BCUT2D eigenvalue weighted by Gasteiger charge is -2.12. The zero-order valence-corrected chi connectivity index (χ0v) is 15.1. The maximum absolute atomic E-state index is 13.7. The minimum absolute atomic E-state index is 0.117. The lowest BCUT2D eigenvalue weighted by Crippen LogP contribution is -2.20. The van der Waals surface area contributed by atoms with Crippen LogP contribution in [0.4, 0.5) is 39.4 Å². The van der Waals surface area contributed by atoms with Crippen molar-refractivity contribution < 1.29 is 27.2 Å². The van der Waals surface area contributed by atoms with Gasteiger partial charge in [-0.2, -0.15) is 13.2 Å². The fourth-order valence-electron chi connectivity index (χ4n) is 2.75. The van der Waals surface area contributed by atoms with E-state index in [1.54, 1.807) is 12.1 Å². The molecule has 0 aliphatic rings. The van der Waals surface area contributed by atoms with Crippen molar-refractivity contribution in [1.82, 2.24) is 4.98 Å². The molecule has 0 spiro atoms. The van der Waals surface area contributed by atoms with Gasteiger partial charge in [-0.1, -0.05) is 12.1 Å². The second-order valence-corrected chi connectivity index (χ2v) is 6.21. The Labute approximate surface area is 167 Å². The van der Waals surface area contributed by atoms with Crippen LogP contribution in [-0.4, -0.2) is 16.9 Å². The first-order valence-electron chi connectivity index (χ1n) is 8.38. The lowest BCUT2D eigenvalue weighted by atomic mass is 10.0. The first-order valence-corrected chi connectivity index (χ1v) is 8.38. The van der Waals surface area contributed by atoms with E-state index in [9.17, 15) is 27.2 Å². The Morgan fingerprint density at radius 3 is 2.27 bits per heavy atom. The monoisotopic (exact) mass is 421 g/mol. The normalized spacial score (nSPS) is 11.2. The van der Waals surface area contributed by atoms with Crippen LogP contribution in [-0.2, 0) is 6.18 Å². The molecule has 3 aromatic rings. The van der Waals surface area contributed by atoms with Gasteiger partial charge >= 0.3 is 12.2 Å². The molecule has 0 saturated carbocycles. The number of anilines is 3. The maximum Gasteiger partial charge on any atom is 0.416 e. The minimum atomic E-state index is -4.68. The Hall–Kier alpha value is -4.02. The number of alkyl halides is 3. The van der Waals surface area contributed by atoms with Gasteiger partial charge in [-0.25, -0.2) is 9.18 Å². The van der Waals surface area contributed by atoms with Crippen molar-refractivity contribution in [2.24, 2.45) is 5.73 Å². The number of carbonyl (C=O) groups is 2. The van der Waals surface area contributed by atoms with E-state index >= 15 is 0 Å². The van der Waals surface area contributed by atoms with Crippen LogP contribution >= 0.6 is 0 Å². The SMILES string of the molecule is NC(=O)c1[nH]cc(N)c1-c1ccc(NC(=O)Nc2cc(C(F)(F)F)ccc2F)cc1. The quantitative estimate of drug-likeness (QED) is 0.406. The van der Waals surface area contributed by atoms with Crippen LogP contribution in [0.5, 0.6) is 0 Å². The average Bonchev–Trinajstić information content (AvgIpc) is 3.05. The third-order valence-electron chi connectivity index (χ3n) is 4.13. The highest BCUT2D eigenvalue weighted by Crippen LogP contribution is 2.32. The molecule has 1 heterocycles. The smallest absolute Gasteiger partial charge is 0.397 e. The maximum atomic E-state index is 13.7. The third-order valence-corrected chi connectivity index (χ3v) is 4.13. The molecule has 3 amide bonds. The number of H-pyrrole nitrogens is 1. The first-order chi connectivity index (χ1) is 14.1. The van der Waals surface area contributed by atoms with Crippen LogP contribution in [0.1, 0.15) is 16.1 Å². The number of hydrogen-bond acceptors (Lipinski definition) is 3. The van der Waals surface area contributed by atoms with Gasteiger partial charge in [0.2, 0.25) is 0 Å². The number of nitrogens with two attached hydrogens (primary N) is 2. The summed E-state index contributed by atoms with van der Waals surface area (Å²) < 4.78 is 52.0. The molecule has 30 heavy (non-hydrogen) atoms. The van der Waals surface area contributed by atoms with E-state index in [-0.39, 0.29) is 11.4 Å². The number of hydrogen-bond donors (Lipinski definition) is 5. The number of nitrogen functional groups attached to an aromatic ring is 1. The van der Waals surface area contributed by atoms with E-state index in [4.69, 9.17) is 11.5 Å². The van der Waals surface area contributed by atoms with Crippen molar-refractivity contribution in [3.8, 4) is 11.1 Å². The number of benzene rings is 2. The van der Waals surface area contributed by atoms with Gasteiger partial charge in [0.05, 0.1) is 16.9 Å². The summed E-state index contributed by atoms with van der Waals surface area (Å²) in [5.41, 5.74) is 11.0. The molecule has 0 saturated heterocycles. The van der Waals surface area contributed by atoms with Gasteiger partial charge in [-0.3, -0.25) is 4.79 Å². The first kappa shape index (κ1) is 20.7. The van der Waals surface area contributed by atoms with E-state index in [0.29, 0.717) is 35.0 Å². The summed E-state index contributed by atoms with van der Waals surface area (Å²) in [6.07, 6.45) is -3.26. The van der Waals surface area contributed by atoms with E-state index in [2.05, 4.69) is 10.3 Å². The number of aromatic amines is 1. The van der Waals surface area contributed by atoms with Gasteiger partial charge in [0.25, 0.3) is 5.91 Å². The van der Waals surface area contributed by atoms with Crippen molar-refractivity contribution in [3.63, 3.8) is 0 Å². The molecule has 7 N–H and O–H groups in total. The van der Waals surface area contributed by atoms with Crippen LogP contribution in [0, 0.1) is 5.82 Å². The van der Waals surface area contributed by atoms with Gasteiger partial charge in [-0.15, -0.1) is 0 Å². The Bertz CT molecular complexity index is 1110. The summed E-state index contributed by atoms with van der Waals surface area (Å²) in [5, 5.41) is 4.41. The van der Waals surface area contributed by atoms with E-state index in [1.807, 2.05) is 5.32 Å². The van der Waals surface area contributed by atoms with Gasteiger partial charge in [0.15, 0.2) is 0 Å².